The van der Waals surface area contributed by atoms with Crippen LogP contribution in [0.5, 0.6) is 11.5 Å². The van der Waals surface area contributed by atoms with Gasteiger partial charge in [-0.25, -0.2) is 0 Å². The van der Waals surface area contributed by atoms with Gasteiger partial charge >= 0.3 is 0 Å². The Kier molecular flexibility index (Phi) is 8.16. The molecular formula is C16H25ClN2O4. The van der Waals surface area contributed by atoms with Crippen molar-refractivity contribution < 1.29 is 19.0 Å². The Morgan fingerprint density at radius 3 is 2.65 bits per heavy atom. The van der Waals surface area contributed by atoms with E-state index in [-0.39, 0.29) is 36.6 Å². The first-order chi connectivity index (χ1) is 10.6. The van der Waals surface area contributed by atoms with Crippen molar-refractivity contribution in [2.24, 2.45) is 0 Å². The highest BCUT2D eigenvalue weighted by Gasteiger charge is 2.28. The van der Waals surface area contributed by atoms with E-state index in [4.69, 9.17) is 14.2 Å². The third-order valence-corrected chi connectivity index (χ3v) is 3.56. The molecule has 1 aromatic carbocycles. The summed E-state index contributed by atoms with van der Waals surface area (Å²) in [5.41, 5.74) is 0. The lowest BCUT2D eigenvalue weighted by atomic mass is 10.1. The Labute approximate surface area is 143 Å². The van der Waals surface area contributed by atoms with E-state index in [0.717, 1.165) is 11.5 Å². The highest BCUT2D eigenvalue weighted by atomic mass is 35.5. The molecule has 7 heteroatoms. The number of rotatable bonds is 6. The molecule has 2 rings (SSSR count). The highest BCUT2D eigenvalue weighted by Crippen LogP contribution is 2.18. The fourth-order valence-electron chi connectivity index (χ4n) is 2.31. The Bertz CT molecular complexity index is 483. The van der Waals surface area contributed by atoms with Crippen LogP contribution in [0.25, 0.3) is 0 Å². The number of carbonyl (C=O) groups is 1. The molecule has 1 amide bonds. The minimum atomic E-state index is -0.304. The van der Waals surface area contributed by atoms with Crippen molar-refractivity contribution >= 4 is 18.3 Å². The molecular weight excluding hydrogens is 320 g/mol. The van der Waals surface area contributed by atoms with E-state index in [9.17, 15) is 4.79 Å². The third-order valence-electron chi connectivity index (χ3n) is 3.56. The molecule has 2 N–H and O–H groups in total. The van der Waals surface area contributed by atoms with Crippen LogP contribution in [0.2, 0.25) is 0 Å². The number of amides is 1. The van der Waals surface area contributed by atoms with Crippen LogP contribution in [0.4, 0.5) is 0 Å². The summed E-state index contributed by atoms with van der Waals surface area (Å²) in [6.07, 6.45) is -0.247. The van der Waals surface area contributed by atoms with Gasteiger partial charge in [0.2, 0.25) is 5.91 Å². The molecule has 6 nitrogen and oxygen atoms in total. The summed E-state index contributed by atoms with van der Waals surface area (Å²) in [6.45, 7) is 5.59. The number of hydrogen-bond donors (Lipinski definition) is 2. The quantitative estimate of drug-likeness (QED) is 0.816. The maximum atomic E-state index is 12.1. The normalized spacial score (nSPS) is 21.7. The number of carbonyl (C=O) groups excluding carboxylic acids is 1. The van der Waals surface area contributed by atoms with Crippen molar-refractivity contribution in [1.82, 2.24) is 10.6 Å². The number of morpholine rings is 1. The summed E-state index contributed by atoms with van der Waals surface area (Å²) in [6, 6.07) is 7.06. The van der Waals surface area contributed by atoms with E-state index < -0.39 is 0 Å². The van der Waals surface area contributed by atoms with Gasteiger partial charge < -0.3 is 24.8 Å². The van der Waals surface area contributed by atoms with Gasteiger partial charge in [-0.15, -0.1) is 12.4 Å². The van der Waals surface area contributed by atoms with Crippen LogP contribution in [0.3, 0.4) is 0 Å². The summed E-state index contributed by atoms with van der Waals surface area (Å²) in [4.78, 5) is 12.1. The maximum Gasteiger partial charge on any atom is 0.239 e. The van der Waals surface area contributed by atoms with E-state index in [1.54, 1.807) is 7.11 Å². The molecule has 1 heterocycles. The summed E-state index contributed by atoms with van der Waals surface area (Å²) < 4.78 is 16.3. The zero-order valence-electron chi connectivity index (χ0n) is 13.7. The van der Waals surface area contributed by atoms with Crippen LogP contribution in [0, 0.1) is 0 Å². The number of methoxy groups -OCH3 is 1. The van der Waals surface area contributed by atoms with Crippen molar-refractivity contribution in [2.45, 2.75) is 32.1 Å². The largest absolute Gasteiger partial charge is 0.497 e. The molecule has 0 bridgehead atoms. The Hall–Kier alpha value is -1.50. The summed E-state index contributed by atoms with van der Waals surface area (Å²) in [5, 5.41) is 6.06. The lowest BCUT2D eigenvalue weighted by Gasteiger charge is -2.29. The molecule has 3 atom stereocenters. The summed E-state index contributed by atoms with van der Waals surface area (Å²) >= 11 is 0. The Morgan fingerprint density at radius 2 is 2.04 bits per heavy atom. The minimum absolute atomic E-state index is 0. The van der Waals surface area contributed by atoms with Crippen molar-refractivity contribution in [3.05, 3.63) is 24.3 Å². The number of nitrogens with one attached hydrogen (secondary N) is 2. The van der Waals surface area contributed by atoms with Crippen LogP contribution in [0.15, 0.2) is 24.3 Å². The first-order valence-corrected chi connectivity index (χ1v) is 7.53. The van der Waals surface area contributed by atoms with Crippen LogP contribution >= 0.6 is 12.4 Å². The van der Waals surface area contributed by atoms with Gasteiger partial charge in [0.15, 0.2) is 0 Å². The number of halogens is 1. The van der Waals surface area contributed by atoms with Gasteiger partial charge in [-0.1, -0.05) is 0 Å². The fourth-order valence-corrected chi connectivity index (χ4v) is 2.31. The zero-order chi connectivity index (χ0) is 15.9. The average molecular weight is 345 g/mol. The summed E-state index contributed by atoms with van der Waals surface area (Å²) in [7, 11) is 1.62. The van der Waals surface area contributed by atoms with Gasteiger partial charge in [-0.3, -0.25) is 4.79 Å². The van der Waals surface area contributed by atoms with Crippen molar-refractivity contribution in [2.75, 3.05) is 26.8 Å². The number of hydrogen-bond acceptors (Lipinski definition) is 5. The molecule has 1 unspecified atom stereocenters. The SMILES string of the molecule is COc1ccc(OC(C)CNC(=O)[C@H]2NCCO[C@@H]2C)cc1.Cl. The second-order valence-electron chi connectivity index (χ2n) is 5.36. The van der Waals surface area contributed by atoms with E-state index in [1.807, 2.05) is 38.1 Å². The first-order valence-electron chi connectivity index (χ1n) is 7.53. The predicted molar refractivity (Wildman–Crippen MR) is 90.5 cm³/mol. The molecule has 1 saturated heterocycles. The van der Waals surface area contributed by atoms with Gasteiger partial charge in [-0.2, -0.15) is 0 Å². The molecule has 0 saturated carbocycles. The molecule has 1 aromatic rings. The zero-order valence-corrected chi connectivity index (χ0v) is 14.5. The van der Waals surface area contributed by atoms with E-state index in [2.05, 4.69) is 10.6 Å². The van der Waals surface area contributed by atoms with Crippen LogP contribution in [-0.2, 0) is 9.53 Å². The predicted octanol–water partition coefficient (Wildman–Crippen LogP) is 1.38. The standard InChI is InChI=1S/C16H24N2O4.ClH/c1-11(22-14-6-4-13(20-3)5-7-14)10-18-16(19)15-12(2)21-9-8-17-15;/h4-7,11-12,15,17H,8-10H2,1-3H3,(H,18,19);1H/t11?,12-,15+;/m1./s1. The van der Waals surface area contributed by atoms with E-state index >= 15 is 0 Å². The van der Waals surface area contributed by atoms with Gasteiger partial charge in [0, 0.05) is 6.54 Å². The van der Waals surface area contributed by atoms with Gasteiger partial charge in [0.05, 0.1) is 26.4 Å². The monoisotopic (exact) mass is 344 g/mol. The Balaban J connectivity index is 0.00000264. The molecule has 130 valence electrons. The lowest BCUT2D eigenvalue weighted by molar-refractivity contribution is -0.129. The molecule has 23 heavy (non-hydrogen) atoms. The van der Waals surface area contributed by atoms with Gasteiger partial charge in [0.1, 0.15) is 23.6 Å². The third kappa shape index (κ3) is 5.89. The first kappa shape index (κ1) is 19.5. The van der Waals surface area contributed by atoms with E-state index in [0.29, 0.717) is 19.7 Å². The Morgan fingerprint density at radius 1 is 1.39 bits per heavy atom. The fraction of sp³-hybridized carbons (Fsp3) is 0.562. The van der Waals surface area contributed by atoms with Crippen LogP contribution in [-0.4, -0.2) is 51.0 Å². The smallest absolute Gasteiger partial charge is 0.239 e. The molecule has 1 aliphatic rings. The molecule has 1 fully saturated rings. The van der Waals surface area contributed by atoms with Crippen LogP contribution < -0.4 is 20.1 Å². The van der Waals surface area contributed by atoms with Crippen molar-refractivity contribution in [3.8, 4) is 11.5 Å². The minimum Gasteiger partial charge on any atom is -0.497 e. The second kappa shape index (κ2) is 9.60. The average Bonchev–Trinajstić information content (AvgIpc) is 2.54. The molecule has 0 spiro atoms. The lowest BCUT2D eigenvalue weighted by Crippen LogP contribution is -2.56. The van der Waals surface area contributed by atoms with Gasteiger partial charge in [0.25, 0.3) is 0 Å². The van der Waals surface area contributed by atoms with E-state index in [1.165, 1.54) is 0 Å². The maximum absolute atomic E-state index is 12.1. The van der Waals surface area contributed by atoms with Gasteiger partial charge in [-0.05, 0) is 38.1 Å². The topological polar surface area (TPSA) is 68.8 Å². The molecule has 0 aliphatic carbocycles. The summed E-state index contributed by atoms with van der Waals surface area (Å²) in [5.74, 6) is 1.47. The van der Waals surface area contributed by atoms with Crippen molar-refractivity contribution in [3.63, 3.8) is 0 Å². The second-order valence-corrected chi connectivity index (χ2v) is 5.36. The highest BCUT2D eigenvalue weighted by molar-refractivity contribution is 5.85. The number of benzene rings is 1. The molecule has 0 aromatic heterocycles. The molecule has 0 radical (unpaired) electrons. The van der Waals surface area contributed by atoms with Crippen LogP contribution in [0.1, 0.15) is 13.8 Å². The molecule has 1 aliphatic heterocycles. The number of ether oxygens (including phenoxy) is 3. The van der Waals surface area contributed by atoms with Crippen molar-refractivity contribution in [1.29, 1.82) is 0 Å².